The Morgan fingerprint density at radius 3 is 2.43 bits per heavy atom. The first-order chi connectivity index (χ1) is 10.9. The molecule has 1 atom stereocenters. The van der Waals surface area contributed by atoms with Gasteiger partial charge in [0.2, 0.25) is 0 Å². The largest absolute Gasteiger partial charge is 0.481 e. The van der Waals surface area contributed by atoms with Gasteiger partial charge in [-0.1, -0.05) is 22.9 Å². The topological polar surface area (TPSA) is 90.4 Å². The number of benzene rings is 1. The first-order valence-corrected chi connectivity index (χ1v) is 8.47. The van der Waals surface area contributed by atoms with Gasteiger partial charge in [-0.15, -0.1) is 11.6 Å². The van der Waals surface area contributed by atoms with Crippen molar-refractivity contribution in [1.82, 2.24) is 4.98 Å². The number of aromatic amines is 1. The number of H-pyrrole nitrogens is 1. The molecule has 23 heavy (non-hydrogen) atoms. The second kappa shape index (κ2) is 9.57. The SMILES string of the molecule is CCCC(=O)O.O=C(O)CC(CCl)c1cc2cc(Br)ccc2[nH]1. The fourth-order valence-electron chi connectivity index (χ4n) is 2.02. The quantitative estimate of drug-likeness (QED) is 0.614. The van der Waals surface area contributed by atoms with Crippen LogP contribution in [0.15, 0.2) is 28.7 Å². The van der Waals surface area contributed by atoms with Crippen LogP contribution in [0.5, 0.6) is 0 Å². The summed E-state index contributed by atoms with van der Waals surface area (Å²) in [6.07, 6.45) is 1.06. The second-order valence-corrected chi connectivity index (χ2v) is 6.27. The molecule has 0 saturated heterocycles. The van der Waals surface area contributed by atoms with Crippen molar-refractivity contribution in [2.75, 3.05) is 5.88 Å². The maximum atomic E-state index is 10.7. The molecule has 0 saturated carbocycles. The number of halogens is 2. The lowest BCUT2D eigenvalue weighted by Gasteiger charge is -2.08. The third kappa shape index (κ3) is 6.62. The van der Waals surface area contributed by atoms with Gasteiger partial charge in [-0.2, -0.15) is 0 Å². The summed E-state index contributed by atoms with van der Waals surface area (Å²) in [5, 5.41) is 17.8. The number of alkyl halides is 1. The van der Waals surface area contributed by atoms with Gasteiger partial charge in [0.1, 0.15) is 0 Å². The maximum absolute atomic E-state index is 10.7. The average Bonchev–Trinajstić information content (AvgIpc) is 2.87. The minimum absolute atomic E-state index is 0.0392. The summed E-state index contributed by atoms with van der Waals surface area (Å²) in [6, 6.07) is 7.84. The smallest absolute Gasteiger partial charge is 0.304 e. The Bertz CT molecular complexity index is 671. The molecule has 1 heterocycles. The molecule has 2 rings (SSSR count). The molecule has 3 N–H and O–H groups in total. The molecule has 0 aliphatic rings. The molecule has 1 aromatic heterocycles. The zero-order chi connectivity index (χ0) is 17.4. The van der Waals surface area contributed by atoms with Crippen molar-refractivity contribution in [3.8, 4) is 0 Å². The standard InChI is InChI=1S/C12H11BrClNO2.C4H8O2/c13-9-1-2-10-7(3-9)4-11(15-10)8(6-14)5-12(16)17;1-2-3-4(5)6/h1-4,8,15H,5-6H2,(H,16,17);2-3H2,1H3,(H,5,6). The molecular weight excluding hydrogens is 386 g/mol. The molecule has 7 heteroatoms. The van der Waals surface area contributed by atoms with Crippen LogP contribution in [0.4, 0.5) is 0 Å². The number of carboxylic acids is 2. The number of hydrogen-bond donors (Lipinski definition) is 3. The predicted octanol–water partition coefficient (Wildman–Crippen LogP) is 4.60. The summed E-state index contributed by atoms with van der Waals surface area (Å²) in [7, 11) is 0. The van der Waals surface area contributed by atoms with Crippen LogP contribution < -0.4 is 0 Å². The highest BCUT2D eigenvalue weighted by Gasteiger charge is 2.16. The van der Waals surface area contributed by atoms with Crippen molar-refractivity contribution in [3.05, 3.63) is 34.4 Å². The minimum Gasteiger partial charge on any atom is -0.481 e. The van der Waals surface area contributed by atoms with E-state index in [9.17, 15) is 9.59 Å². The first-order valence-electron chi connectivity index (χ1n) is 7.15. The van der Waals surface area contributed by atoms with Crippen LogP contribution in [0.25, 0.3) is 10.9 Å². The number of rotatable bonds is 6. The molecule has 0 spiro atoms. The Hall–Kier alpha value is -1.53. The van der Waals surface area contributed by atoms with Crippen LogP contribution in [0, 0.1) is 0 Å². The molecule has 0 fully saturated rings. The molecule has 0 amide bonds. The number of carbonyl (C=O) groups is 2. The van der Waals surface area contributed by atoms with E-state index in [-0.39, 0.29) is 12.3 Å². The van der Waals surface area contributed by atoms with Gasteiger partial charge in [-0.05, 0) is 30.7 Å². The van der Waals surface area contributed by atoms with E-state index in [0.29, 0.717) is 12.3 Å². The third-order valence-corrected chi connectivity index (χ3v) is 3.98. The molecule has 1 aromatic carbocycles. The fourth-order valence-corrected chi connectivity index (χ4v) is 2.67. The van der Waals surface area contributed by atoms with Crippen molar-refractivity contribution in [1.29, 1.82) is 0 Å². The monoisotopic (exact) mass is 403 g/mol. The van der Waals surface area contributed by atoms with Crippen LogP contribution >= 0.6 is 27.5 Å². The highest BCUT2D eigenvalue weighted by molar-refractivity contribution is 9.10. The zero-order valence-electron chi connectivity index (χ0n) is 12.7. The molecule has 0 aliphatic heterocycles. The molecular formula is C16H19BrClNO4. The van der Waals surface area contributed by atoms with E-state index in [0.717, 1.165) is 27.5 Å². The molecule has 0 radical (unpaired) electrons. The Kier molecular flexibility index (Phi) is 8.12. The third-order valence-electron chi connectivity index (χ3n) is 3.11. The van der Waals surface area contributed by atoms with Gasteiger partial charge in [-0.25, -0.2) is 0 Å². The summed E-state index contributed by atoms with van der Waals surface area (Å²) in [6.45, 7) is 1.84. The number of aromatic nitrogens is 1. The molecule has 5 nitrogen and oxygen atoms in total. The first kappa shape index (κ1) is 19.5. The van der Waals surface area contributed by atoms with Crippen LogP contribution in [0.2, 0.25) is 0 Å². The van der Waals surface area contributed by atoms with E-state index >= 15 is 0 Å². The highest BCUT2D eigenvalue weighted by Crippen LogP contribution is 2.26. The lowest BCUT2D eigenvalue weighted by atomic mass is 10.0. The Morgan fingerprint density at radius 1 is 1.26 bits per heavy atom. The number of nitrogens with one attached hydrogen (secondary N) is 1. The Labute approximate surface area is 147 Å². The van der Waals surface area contributed by atoms with Crippen molar-refractivity contribution < 1.29 is 19.8 Å². The molecule has 126 valence electrons. The average molecular weight is 405 g/mol. The van der Waals surface area contributed by atoms with Gasteiger partial charge in [-0.3, -0.25) is 9.59 Å². The van der Waals surface area contributed by atoms with Gasteiger partial charge < -0.3 is 15.2 Å². The van der Waals surface area contributed by atoms with Crippen LogP contribution in [-0.2, 0) is 9.59 Å². The normalized spacial score (nSPS) is 11.6. The van der Waals surface area contributed by atoms with Crippen LogP contribution in [-0.4, -0.2) is 33.0 Å². The van der Waals surface area contributed by atoms with Gasteiger partial charge >= 0.3 is 11.9 Å². The van der Waals surface area contributed by atoms with Gasteiger partial charge in [0.25, 0.3) is 0 Å². The van der Waals surface area contributed by atoms with E-state index in [4.69, 9.17) is 21.8 Å². The maximum Gasteiger partial charge on any atom is 0.304 e. The predicted molar refractivity (Wildman–Crippen MR) is 94.3 cm³/mol. The van der Waals surface area contributed by atoms with Crippen molar-refractivity contribution in [2.24, 2.45) is 0 Å². The number of hydrogen-bond acceptors (Lipinski definition) is 2. The highest BCUT2D eigenvalue weighted by atomic mass is 79.9. The van der Waals surface area contributed by atoms with Crippen molar-refractivity contribution >= 4 is 50.4 Å². The Balaban J connectivity index is 0.000000379. The Morgan fingerprint density at radius 2 is 1.96 bits per heavy atom. The number of aliphatic carboxylic acids is 2. The number of carboxylic acid groups (broad SMARTS) is 2. The zero-order valence-corrected chi connectivity index (χ0v) is 15.0. The summed E-state index contributed by atoms with van der Waals surface area (Å²) in [5.74, 6) is -1.44. The number of fused-ring (bicyclic) bond motifs is 1. The fraction of sp³-hybridized carbons (Fsp3) is 0.375. The van der Waals surface area contributed by atoms with Crippen molar-refractivity contribution in [2.45, 2.75) is 32.1 Å². The molecule has 0 aliphatic carbocycles. The van der Waals surface area contributed by atoms with E-state index < -0.39 is 11.9 Å². The summed E-state index contributed by atoms with van der Waals surface area (Å²) in [4.78, 5) is 23.5. The summed E-state index contributed by atoms with van der Waals surface area (Å²) in [5.41, 5.74) is 1.86. The van der Waals surface area contributed by atoms with Crippen LogP contribution in [0.1, 0.15) is 37.8 Å². The van der Waals surface area contributed by atoms with E-state index in [1.807, 2.05) is 31.2 Å². The lowest BCUT2D eigenvalue weighted by Crippen LogP contribution is -2.07. The second-order valence-electron chi connectivity index (χ2n) is 5.05. The lowest BCUT2D eigenvalue weighted by molar-refractivity contribution is -0.138. The summed E-state index contributed by atoms with van der Waals surface area (Å²) >= 11 is 9.21. The molecule has 2 aromatic rings. The van der Waals surface area contributed by atoms with Gasteiger partial charge in [0.15, 0.2) is 0 Å². The molecule has 1 unspecified atom stereocenters. The van der Waals surface area contributed by atoms with E-state index in [2.05, 4.69) is 20.9 Å². The van der Waals surface area contributed by atoms with E-state index in [1.54, 1.807) is 0 Å². The van der Waals surface area contributed by atoms with E-state index in [1.165, 1.54) is 0 Å². The van der Waals surface area contributed by atoms with Crippen LogP contribution in [0.3, 0.4) is 0 Å². The van der Waals surface area contributed by atoms with Gasteiger partial charge in [0, 0.05) is 39.3 Å². The summed E-state index contributed by atoms with van der Waals surface area (Å²) < 4.78 is 0.996. The minimum atomic E-state index is -0.838. The molecule has 0 bridgehead atoms. The van der Waals surface area contributed by atoms with Gasteiger partial charge in [0.05, 0.1) is 6.42 Å². The van der Waals surface area contributed by atoms with Crippen molar-refractivity contribution in [3.63, 3.8) is 0 Å².